The molecule has 2 bridgehead atoms. The van der Waals surface area contributed by atoms with E-state index < -0.39 is 10.0 Å². The van der Waals surface area contributed by atoms with Gasteiger partial charge >= 0.3 is 0 Å². The van der Waals surface area contributed by atoms with E-state index in [1.165, 1.54) is 6.42 Å². The molecule has 0 amide bonds. The van der Waals surface area contributed by atoms with Crippen LogP contribution in [0.1, 0.15) is 24.8 Å². The summed E-state index contributed by atoms with van der Waals surface area (Å²) in [4.78, 5) is 4.26. The van der Waals surface area contributed by atoms with Crippen LogP contribution in [0.4, 0.5) is 5.69 Å². The predicted octanol–water partition coefficient (Wildman–Crippen LogP) is 1.04. The highest BCUT2D eigenvalue weighted by Crippen LogP contribution is 2.34. The van der Waals surface area contributed by atoms with Crippen LogP contribution >= 0.6 is 0 Å². The molecular weight excluding hydrogens is 328 g/mol. The second-order valence-corrected chi connectivity index (χ2v) is 8.11. The average Bonchev–Trinajstić information content (AvgIpc) is 3.14. The Labute approximate surface area is 142 Å². The molecule has 2 aliphatic heterocycles. The van der Waals surface area contributed by atoms with Gasteiger partial charge in [0.05, 0.1) is 24.5 Å². The Bertz CT molecular complexity index is 703. The van der Waals surface area contributed by atoms with Gasteiger partial charge in [-0.15, -0.1) is 0 Å². The quantitative estimate of drug-likeness (QED) is 0.544. The van der Waals surface area contributed by atoms with Crippen molar-refractivity contribution in [1.82, 2.24) is 10.6 Å². The third kappa shape index (κ3) is 4.39. The summed E-state index contributed by atoms with van der Waals surface area (Å²) in [7, 11) is -1.49. The number of guanidine groups is 1. The van der Waals surface area contributed by atoms with Crippen molar-refractivity contribution < 1.29 is 13.2 Å². The number of benzene rings is 1. The first-order valence-corrected chi connectivity index (χ1v) is 10.0. The second-order valence-electron chi connectivity index (χ2n) is 6.36. The van der Waals surface area contributed by atoms with Gasteiger partial charge in [0, 0.05) is 19.3 Å². The van der Waals surface area contributed by atoms with Gasteiger partial charge in [0.15, 0.2) is 5.96 Å². The van der Waals surface area contributed by atoms with Gasteiger partial charge in [0.1, 0.15) is 0 Å². The fourth-order valence-electron chi connectivity index (χ4n) is 3.25. The fourth-order valence-corrected chi connectivity index (χ4v) is 3.81. The molecule has 0 spiro atoms. The van der Waals surface area contributed by atoms with Crippen LogP contribution in [0.5, 0.6) is 0 Å². The highest BCUT2D eigenvalue weighted by atomic mass is 32.2. The van der Waals surface area contributed by atoms with Crippen molar-refractivity contribution >= 4 is 21.7 Å². The maximum absolute atomic E-state index is 11.2. The summed E-state index contributed by atoms with van der Waals surface area (Å²) < 4.78 is 30.7. The molecule has 2 aliphatic rings. The minimum atomic E-state index is -3.24. The van der Waals surface area contributed by atoms with Crippen LogP contribution in [0.2, 0.25) is 0 Å². The Kier molecular flexibility index (Phi) is 4.96. The number of aliphatic imine (C=N–C) groups is 1. The number of sulfonamides is 1. The van der Waals surface area contributed by atoms with Crippen molar-refractivity contribution in [2.45, 2.75) is 44.1 Å². The maximum Gasteiger partial charge on any atom is 0.229 e. The van der Waals surface area contributed by atoms with E-state index >= 15 is 0 Å². The number of fused-ring (bicyclic) bond motifs is 2. The van der Waals surface area contributed by atoms with Gasteiger partial charge in [0.25, 0.3) is 0 Å². The van der Waals surface area contributed by atoms with Gasteiger partial charge in [-0.2, -0.15) is 0 Å². The lowest BCUT2D eigenvalue weighted by molar-refractivity contribution is 0.0992. The molecule has 132 valence electrons. The summed E-state index contributed by atoms with van der Waals surface area (Å²) in [5, 5.41) is 6.72. The Hall–Kier alpha value is -1.80. The third-order valence-electron chi connectivity index (χ3n) is 4.37. The van der Waals surface area contributed by atoms with Crippen molar-refractivity contribution in [3.05, 3.63) is 29.8 Å². The van der Waals surface area contributed by atoms with Crippen molar-refractivity contribution in [2.24, 2.45) is 4.99 Å². The molecule has 1 aromatic rings. The Morgan fingerprint density at radius 2 is 2.04 bits per heavy atom. The molecule has 7 nitrogen and oxygen atoms in total. The van der Waals surface area contributed by atoms with E-state index in [1.54, 1.807) is 19.2 Å². The maximum atomic E-state index is 11.2. The Morgan fingerprint density at radius 3 is 2.58 bits per heavy atom. The minimum absolute atomic E-state index is 0.301. The molecule has 0 aromatic heterocycles. The zero-order valence-electron chi connectivity index (χ0n) is 14.0. The molecule has 2 saturated heterocycles. The van der Waals surface area contributed by atoms with E-state index in [9.17, 15) is 8.42 Å². The van der Waals surface area contributed by atoms with Gasteiger partial charge in [-0.05, 0) is 37.0 Å². The van der Waals surface area contributed by atoms with Crippen LogP contribution in [0.25, 0.3) is 0 Å². The highest BCUT2D eigenvalue weighted by molar-refractivity contribution is 7.92. The fraction of sp³-hybridized carbons (Fsp3) is 0.562. The molecular formula is C16H24N4O3S. The highest BCUT2D eigenvalue weighted by Gasteiger charge is 2.41. The van der Waals surface area contributed by atoms with E-state index in [1.807, 2.05) is 12.1 Å². The lowest BCUT2D eigenvalue weighted by Gasteiger charge is -2.22. The Morgan fingerprint density at radius 1 is 1.29 bits per heavy atom. The van der Waals surface area contributed by atoms with Crippen molar-refractivity contribution in [2.75, 3.05) is 18.0 Å². The monoisotopic (exact) mass is 352 g/mol. The molecule has 2 fully saturated rings. The molecule has 3 atom stereocenters. The molecule has 3 unspecified atom stereocenters. The number of anilines is 1. The number of rotatable bonds is 5. The molecule has 2 heterocycles. The summed E-state index contributed by atoms with van der Waals surface area (Å²) in [5.41, 5.74) is 1.60. The van der Waals surface area contributed by atoms with E-state index in [0.717, 1.165) is 30.6 Å². The van der Waals surface area contributed by atoms with Crippen LogP contribution in [0.15, 0.2) is 29.3 Å². The van der Waals surface area contributed by atoms with Crippen LogP contribution in [-0.2, 0) is 21.3 Å². The Balaban J connectivity index is 1.50. The SMILES string of the molecule is CN=C(NCc1ccc(NS(C)(=O)=O)cc1)NC1CC2CCC1O2. The normalized spacial score (nSPS) is 26.4. The predicted molar refractivity (Wildman–Crippen MR) is 94.5 cm³/mol. The van der Waals surface area contributed by atoms with Crippen molar-refractivity contribution in [3.63, 3.8) is 0 Å². The molecule has 0 saturated carbocycles. The lowest BCUT2D eigenvalue weighted by atomic mass is 9.96. The first-order chi connectivity index (χ1) is 11.4. The first-order valence-electron chi connectivity index (χ1n) is 8.12. The summed E-state index contributed by atoms with van der Waals surface area (Å²) in [6.07, 6.45) is 5.17. The molecule has 8 heteroatoms. The van der Waals surface area contributed by atoms with Gasteiger partial charge in [-0.3, -0.25) is 9.71 Å². The van der Waals surface area contributed by atoms with Crippen LogP contribution in [0, 0.1) is 0 Å². The molecule has 24 heavy (non-hydrogen) atoms. The van der Waals surface area contributed by atoms with Gasteiger partial charge < -0.3 is 15.4 Å². The van der Waals surface area contributed by atoms with E-state index in [4.69, 9.17) is 4.74 Å². The van der Waals surface area contributed by atoms with Gasteiger partial charge in [-0.1, -0.05) is 12.1 Å². The number of nitrogens with zero attached hydrogens (tertiary/aromatic N) is 1. The van der Waals surface area contributed by atoms with E-state index in [0.29, 0.717) is 30.5 Å². The summed E-state index contributed by atoms with van der Waals surface area (Å²) in [6, 6.07) is 7.59. The topological polar surface area (TPSA) is 91.8 Å². The number of nitrogens with one attached hydrogen (secondary N) is 3. The van der Waals surface area contributed by atoms with E-state index in [-0.39, 0.29) is 0 Å². The number of ether oxygens (including phenoxy) is 1. The molecule has 0 radical (unpaired) electrons. The second kappa shape index (κ2) is 6.98. The smallest absolute Gasteiger partial charge is 0.229 e. The van der Waals surface area contributed by atoms with Crippen LogP contribution < -0.4 is 15.4 Å². The van der Waals surface area contributed by atoms with Gasteiger partial charge in [-0.25, -0.2) is 8.42 Å². The summed E-state index contributed by atoms with van der Waals surface area (Å²) >= 11 is 0. The average molecular weight is 352 g/mol. The summed E-state index contributed by atoms with van der Waals surface area (Å²) in [5.74, 6) is 0.759. The van der Waals surface area contributed by atoms with Crippen molar-refractivity contribution in [1.29, 1.82) is 0 Å². The zero-order chi connectivity index (χ0) is 17.2. The first kappa shape index (κ1) is 17.0. The lowest BCUT2D eigenvalue weighted by Crippen LogP contribution is -2.47. The van der Waals surface area contributed by atoms with Crippen molar-refractivity contribution in [3.8, 4) is 0 Å². The number of hydrogen-bond acceptors (Lipinski definition) is 4. The van der Waals surface area contributed by atoms with E-state index in [2.05, 4.69) is 20.3 Å². The largest absolute Gasteiger partial charge is 0.373 e. The van der Waals surface area contributed by atoms with Crippen LogP contribution in [0.3, 0.4) is 0 Å². The molecule has 1 aromatic carbocycles. The standard InChI is InChI=1S/C16H24N4O3S/c1-17-16(19-14-9-13-7-8-15(14)23-13)18-10-11-3-5-12(6-4-11)20-24(2,21)22/h3-6,13-15,20H,7-10H2,1-2H3,(H2,17,18,19). The van der Waals surface area contributed by atoms with Crippen LogP contribution in [-0.4, -0.2) is 45.9 Å². The minimum Gasteiger partial charge on any atom is -0.373 e. The zero-order valence-corrected chi connectivity index (χ0v) is 14.8. The summed E-state index contributed by atoms with van der Waals surface area (Å²) in [6.45, 7) is 0.612. The number of hydrogen-bond donors (Lipinski definition) is 3. The molecule has 3 rings (SSSR count). The third-order valence-corrected chi connectivity index (χ3v) is 4.98. The molecule has 0 aliphatic carbocycles. The molecule has 3 N–H and O–H groups in total. The van der Waals surface area contributed by atoms with Gasteiger partial charge in [0.2, 0.25) is 10.0 Å².